The number of amides is 1. The first-order valence-electron chi connectivity index (χ1n) is 7.71. The van der Waals surface area contributed by atoms with Gasteiger partial charge in [0.15, 0.2) is 0 Å². The van der Waals surface area contributed by atoms with Gasteiger partial charge in [-0.15, -0.1) is 0 Å². The first-order chi connectivity index (χ1) is 11.9. The second-order valence-corrected chi connectivity index (χ2v) is 5.88. The number of allylic oxidation sites excluding steroid dienone is 1. The summed E-state index contributed by atoms with van der Waals surface area (Å²) in [5.74, 6) is -1.12. The van der Waals surface area contributed by atoms with Crippen molar-refractivity contribution in [3.8, 4) is 17.2 Å². The van der Waals surface area contributed by atoms with E-state index in [0.717, 1.165) is 22.3 Å². The van der Waals surface area contributed by atoms with E-state index in [9.17, 15) is 14.7 Å². The summed E-state index contributed by atoms with van der Waals surface area (Å²) in [4.78, 5) is 22.0. The van der Waals surface area contributed by atoms with Crippen LogP contribution in [0.1, 0.15) is 22.3 Å². The third-order valence-electron chi connectivity index (χ3n) is 4.02. The predicted molar refractivity (Wildman–Crippen MR) is 93.1 cm³/mol. The van der Waals surface area contributed by atoms with Crippen molar-refractivity contribution in [2.24, 2.45) is 0 Å². The molecule has 0 fully saturated rings. The minimum absolute atomic E-state index is 0.243. The van der Waals surface area contributed by atoms with Crippen LogP contribution in [0, 0.1) is 13.8 Å². The molecule has 128 valence electrons. The van der Waals surface area contributed by atoms with Crippen molar-refractivity contribution >= 4 is 23.6 Å². The first kappa shape index (κ1) is 16.6. The highest BCUT2D eigenvalue weighted by molar-refractivity contribution is 6.36. The number of phenols is 1. The van der Waals surface area contributed by atoms with Crippen molar-refractivity contribution < 1.29 is 24.5 Å². The molecule has 1 aliphatic rings. The van der Waals surface area contributed by atoms with Gasteiger partial charge >= 0.3 is 11.9 Å². The number of phenolic OH excluding ortho intramolecular Hbond substituents is 1. The summed E-state index contributed by atoms with van der Waals surface area (Å²) in [6.45, 7) is 3.63. The number of fused-ring (bicyclic) bond motifs is 1. The van der Waals surface area contributed by atoms with Crippen LogP contribution in [0.15, 0.2) is 30.3 Å². The Morgan fingerprint density at radius 3 is 2.48 bits per heavy atom. The van der Waals surface area contributed by atoms with E-state index >= 15 is 0 Å². The van der Waals surface area contributed by atoms with E-state index in [2.05, 4.69) is 5.32 Å². The molecule has 1 aliphatic carbocycles. The number of anilines is 1. The van der Waals surface area contributed by atoms with Gasteiger partial charge in [0.1, 0.15) is 17.2 Å². The van der Waals surface area contributed by atoms with Gasteiger partial charge in [-0.25, -0.2) is 4.79 Å². The van der Waals surface area contributed by atoms with Crippen LogP contribution in [-0.2, 0) is 16.0 Å². The second kappa shape index (κ2) is 6.32. The lowest BCUT2D eigenvalue weighted by Gasteiger charge is -2.16. The average Bonchev–Trinajstić information content (AvgIpc) is 3.03. The van der Waals surface area contributed by atoms with E-state index in [1.807, 2.05) is 26.0 Å². The van der Waals surface area contributed by atoms with Crippen LogP contribution in [-0.4, -0.2) is 22.1 Å². The molecule has 0 saturated heterocycles. The molecule has 0 bridgehead atoms. The largest absolute Gasteiger partial charge is 0.508 e. The number of hydrogen-bond donors (Lipinski definition) is 3. The fraction of sp³-hybridized carbons (Fsp3) is 0.158. The monoisotopic (exact) mass is 339 g/mol. The molecule has 0 heterocycles. The highest BCUT2D eigenvalue weighted by atomic mass is 16.5. The Morgan fingerprint density at radius 2 is 1.84 bits per heavy atom. The number of carboxylic acids is 1. The topological polar surface area (TPSA) is 95.9 Å². The Balaban J connectivity index is 1.92. The number of carboxylic acid groups (broad SMARTS) is 1. The Morgan fingerprint density at radius 1 is 1.16 bits per heavy atom. The summed E-state index contributed by atoms with van der Waals surface area (Å²) >= 11 is 0. The molecule has 0 spiro atoms. The quantitative estimate of drug-likeness (QED) is 0.745. The second-order valence-electron chi connectivity index (χ2n) is 5.88. The Hall–Kier alpha value is -3.28. The van der Waals surface area contributed by atoms with E-state index in [-0.39, 0.29) is 5.75 Å². The minimum Gasteiger partial charge on any atom is -0.508 e. The van der Waals surface area contributed by atoms with Crippen LogP contribution in [0.3, 0.4) is 0 Å². The number of aryl methyl sites for hydroxylation is 2. The van der Waals surface area contributed by atoms with Crippen LogP contribution in [0.2, 0.25) is 0 Å². The molecule has 0 unspecified atom stereocenters. The number of hydrogen-bond acceptors (Lipinski definition) is 4. The molecule has 0 radical (unpaired) electrons. The highest BCUT2D eigenvalue weighted by Gasteiger charge is 2.18. The third-order valence-corrected chi connectivity index (χ3v) is 4.02. The smallest absolute Gasteiger partial charge is 0.394 e. The zero-order chi connectivity index (χ0) is 18.1. The fourth-order valence-corrected chi connectivity index (χ4v) is 2.89. The normalized spacial score (nSPS) is 11.9. The van der Waals surface area contributed by atoms with Crippen molar-refractivity contribution in [2.75, 3.05) is 5.32 Å². The number of rotatable bonds is 3. The lowest BCUT2D eigenvalue weighted by atomic mass is 10.1. The zero-order valence-electron chi connectivity index (χ0n) is 13.8. The first-order valence-corrected chi connectivity index (χ1v) is 7.71. The Kier molecular flexibility index (Phi) is 4.19. The van der Waals surface area contributed by atoms with Crippen molar-refractivity contribution in [2.45, 2.75) is 20.3 Å². The summed E-state index contributed by atoms with van der Waals surface area (Å²) in [5.41, 5.74) is 3.58. The van der Waals surface area contributed by atoms with Gasteiger partial charge in [-0.2, -0.15) is 0 Å². The standard InChI is InChI=1S/C19H17NO5/c1-10-8-12(20-18(22)19(23)24)9-11(2)17(10)25-16-7-6-15(21)13-4-3-5-14(13)16/h3,5-9,21H,4H2,1-2H3,(H,20,22)(H,23,24). The number of aliphatic carboxylic acids is 1. The lowest BCUT2D eigenvalue weighted by molar-refractivity contribution is -0.147. The van der Waals surface area contributed by atoms with E-state index in [0.29, 0.717) is 23.6 Å². The van der Waals surface area contributed by atoms with Gasteiger partial charge < -0.3 is 20.3 Å². The Bertz CT molecular complexity index is 891. The molecule has 0 aliphatic heterocycles. The molecular weight excluding hydrogens is 322 g/mol. The maximum Gasteiger partial charge on any atom is 0.394 e. The van der Waals surface area contributed by atoms with E-state index in [4.69, 9.17) is 9.84 Å². The molecule has 0 saturated carbocycles. The van der Waals surface area contributed by atoms with Crippen molar-refractivity contribution in [1.82, 2.24) is 0 Å². The fourth-order valence-electron chi connectivity index (χ4n) is 2.89. The summed E-state index contributed by atoms with van der Waals surface area (Å²) in [6.07, 6.45) is 4.54. The van der Waals surface area contributed by atoms with Gasteiger partial charge in [0.05, 0.1) is 0 Å². The number of aromatic hydroxyl groups is 1. The summed E-state index contributed by atoms with van der Waals surface area (Å²) in [5, 5.41) is 20.9. The van der Waals surface area contributed by atoms with Crippen LogP contribution >= 0.6 is 0 Å². The van der Waals surface area contributed by atoms with E-state index in [1.165, 1.54) is 0 Å². The highest BCUT2D eigenvalue weighted by Crippen LogP contribution is 2.39. The van der Waals surface area contributed by atoms with Crippen LogP contribution in [0.4, 0.5) is 5.69 Å². The molecule has 0 atom stereocenters. The number of carbonyl (C=O) groups is 2. The number of carbonyl (C=O) groups excluding carboxylic acids is 1. The summed E-state index contributed by atoms with van der Waals surface area (Å²) in [7, 11) is 0. The van der Waals surface area contributed by atoms with Gasteiger partial charge in [0, 0.05) is 16.8 Å². The SMILES string of the molecule is Cc1cc(NC(=O)C(=O)O)cc(C)c1Oc1ccc(O)c2c1C=CC2. The summed E-state index contributed by atoms with van der Waals surface area (Å²) in [6, 6.07) is 6.62. The molecule has 3 rings (SSSR count). The molecule has 2 aromatic carbocycles. The number of nitrogens with one attached hydrogen (secondary N) is 1. The predicted octanol–water partition coefficient (Wildman–Crippen LogP) is 3.39. The van der Waals surface area contributed by atoms with Gasteiger partial charge in [0.25, 0.3) is 0 Å². The van der Waals surface area contributed by atoms with Gasteiger partial charge in [-0.05, 0) is 55.7 Å². The molecule has 2 aromatic rings. The van der Waals surface area contributed by atoms with Gasteiger partial charge in [-0.1, -0.05) is 12.2 Å². The number of ether oxygens (including phenoxy) is 1. The van der Waals surface area contributed by atoms with Gasteiger partial charge in [0.2, 0.25) is 0 Å². The molecule has 6 heteroatoms. The zero-order valence-corrected chi connectivity index (χ0v) is 13.8. The van der Waals surface area contributed by atoms with E-state index < -0.39 is 11.9 Å². The maximum atomic E-state index is 11.3. The molecule has 1 amide bonds. The molecule has 6 nitrogen and oxygen atoms in total. The lowest BCUT2D eigenvalue weighted by Crippen LogP contribution is -2.21. The van der Waals surface area contributed by atoms with Gasteiger partial charge in [-0.3, -0.25) is 4.79 Å². The maximum absolute atomic E-state index is 11.3. The van der Waals surface area contributed by atoms with Crippen LogP contribution in [0.5, 0.6) is 17.2 Å². The Labute approximate surface area is 144 Å². The number of benzene rings is 2. The van der Waals surface area contributed by atoms with Crippen molar-refractivity contribution in [1.29, 1.82) is 0 Å². The van der Waals surface area contributed by atoms with E-state index in [1.54, 1.807) is 24.3 Å². The molecular formula is C19H17NO5. The van der Waals surface area contributed by atoms with Crippen LogP contribution < -0.4 is 10.1 Å². The van der Waals surface area contributed by atoms with Crippen molar-refractivity contribution in [3.63, 3.8) is 0 Å². The van der Waals surface area contributed by atoms with Crippen molar-refractivity contribution in [3.05, 3.63) is 52.6 Å². The molecule has 3 N–H and O–H groups in total. The molecule has 0 aromatic heterocycles. The average molecular weight is 339 g/mol. The third kappa shape index (κ3) is 3.19. The minimum atomic E-state index is -1.54. The van der Waals surface area contributed by atoms with Crippen LogP contribution in [0.25, 0.3) is 6.08 Å². The summed E-state index contributed by atoms with van der Waals surface area (Å²) < 4.78 is 6.05. The molecule has 25 heavy (non-hydrogen) atoms.